The SMILES string of the molecule is COc1cc(N=Nc2ccc3c(S(=O)(=O)O)cccc3c2)ccc1N=Nc1c(OS(=O)O)cc2cc(S(=O)(=O)O)c(N)cc2c1O. The number of ether oxygens (including phenoxy) is 1. The van der Waals surface area contributed by atoms with E-state index in [-0.39, 0.29) is 32.8 Å². The third-order valence-corrected chi connectivity index (χ3v) is 8.57. The van der Waals surface area contributed by atoms with E-state index in [4.69, 9.17) is 14.7 Å². The van der Waals surface area contributed by atoms with Crippen molar-refractivity contribution in [3.05, 3.63) is 72.8 Å². The summed E-state index contributed by atoms with van der Waals surface area (Å²) in [5.74, 6) is -0.921. The van der Waals surface area contributed by atoms with Crippen LogP contribution in [0.15, 0.2) is 103 Å². The van der Waals surface area contributed by atoms with Crippen molar-refractivity contribution in [3.63, 3.8) is 0 Å². The van der Waals surface area contributed by atoms with E-state index in [1.54, 1.807) is 12.1 Å². The Bertz CT molecular complexity index is 2350. The zero-order valence-electron chi connectivity index (χ0n) is 23.2. The Balaban J connectivity index is 1.49. The van der Waals surface area contributed by atoms with Gasteiger partial charge < -0.3 is 19.8 Å². The molecule has 0 fully saturated rings. The molecule has 0 heterocycles. The molecular weight excluding hydrogens is 667 g/mol. The Hall–Kier alpha value is -5.05. The summed E-state index contributed by atoms with van der Waals surface area (Å²) in [5.41, 5.74) is 5.78. The first-order valence-corrected chi connectivity index (χ1v) is 16.4. The normalized spacial score (nSPS) is 13.1. The Labute approximate surface area is 262 Å². The second-order valence-electron chi connectivity index (χ2n) is 9.35. The van der Waals surface area contributed by atoms with Crippen molar-refractivity contribution < 1.29 is 48.7 Å². The van der Waals surface area contributed by atoms with Crippen molar-refractivity contribution >= 4 is 81.6 Å². The number of aromatic hydroxyl groups is 1. The highest BCUT2D eigenvalue weighted by Gasteiger charge is 2.21. The number of nitrogens with two attached hydrogens (primary N) is 1. The predicted octanol–water partition coefficient (Wildman–Crippen LogP) is 6.13. The topological polar surface area (TPSA) is 260 Å². The van der Waals surface area contributed by atoms with Gasteiger partial charge in [-0.05, 0) is 59.3 Å². The van der Waals surface area contributed by atoms with E-state index in [1.807, 2.05) is 0 Å². The van der Waals surface area contributed by atoms with Gasteiger partial charge in [-0.15, -0.1) is 10.2 Å². The van der Waals surface area contributed by atoms with Gasteiger partial charge >= 0.3 is 11.4 Å². The Kier molecular flexibility index (Phi) is 8.71. The standard InChI is InChI=1S/C27H21N5O11S3/c1-42-22-12-17(30-29-16-5-7-18-14(9-16)3-2-4-24(18)45(36,37)38)6-8-21(22)31-32-26-23(43-44(34)35)10-15-11-25(46(39,40)41)20(28)13-19(15)27(26)33/h2-13,33H,28H2,1H3,(H,34,35)(H,36,37,38)(H,39,40,41). The molecule has 1 unspecified atom stereocenters. The number of hydrogen-bond donors (Lipinski definition) is 5. The van der Waals surface area contributed by atoms with Gasteiger partial charge in [-0.3, -0.25) is 13.7 Å². The minimum Gasteiger partial charge on any atom is -0.505 e. The highest BCUT2D eigenvalue weighted by molar-refractivity contribution is 7.86. The molecule has 5 aromatic carbocycles. The average Bonchev–Trinajstić information content (AvgIpc) is 2.98. The van der Waals surface area contributed by atoms with Crippen molar-refractivity contribution in [2.75, 3.05) is 12.8 Å². The van der Waals surface area contributed by atoms with Gasteiger partial charge in [0.15, 0.2) is 17.2 Å². The lowest BCUT2D eigenvalue weighted by molar-refractivity contribution is 0.416. The molecule has 238 valence electrons. The first-order valence-electron chi connectivity index (χ1n) is 12.5. The van der Waals surface area contributed by atoms with E-state index >= 15 is 0 Å². The quantitative estimate of drug-likeness (QED) is 0.0507. The van der Waals surface area contributed by atoms with Gasteiger partial charge in [0.1, 0.15) is 21.2 Å². The van der Waals surface area contributed by atoms with Crippen LogP contribution in [-0.4, -0.2) is 46.9 Å². The van der Waals surface area contributed by atoms with Crippen LogP contribution < -0.4 is 14.7 Å². The lowest BCUT2D eigenvalue weighted by atomic mass is 10.1. The van der Waals surface area contributed by atoms with Gasteiger partial charge in [0, 0.05) is 16.8 Å². The number of nitrogen functional groups attached to an aromatic ring is 1. The molecule has 0 saturated heterocycles. The van der Waals surface area contributed by atoms with Crippen LogP contribution in [0.4, 0.5) is 28.4 Å². The van der Waals surface area contributed by atoms with Gasteiger partial charge in [-0.1, -0.05) is 18.2 Å². The van der Waals surface area contributed by atoms with E-state index in [0.29, 0.717) is 22.1 Å². The van der Waals surface area contributed by atoms with Crippen LogP contribution >= 0.6 is 0 Å². The van der Waals surface area contributed by atoms with Crippen LogP contribution in [0.25, 0.3) is 21.5 Å². The molecule has 0 aliphatic rings. The molecule has 16 nitrogen and oxygen atoms in total. The van der Waals surface area contributed by atoms with Crippen LogP contribution in [0.1, 0.15) is 0 Å². The second kappa shape index (κ2) is 12.4. The molecule has 0 bridgehead atoms. The van der Waals surface area contributed by atoms with E-state index in [2.05, 4.69) is 20.5 Å². The van der Waals surface area contributed by atoms with Crippen LogP contribution in [-0.2, 0) is 31.6 Å². The maximum absolute atomic E-state index is 11.7. The van der Waals surface area contributed by atoms with E-state index in [0.717, 1.165) is 18.2 Å². The van der Waals surface area contributed by atoms with Crippen LogP contribution in [0.2, 0.25) is 0 Å². The van der Waals surface area contributed by atoms with Gasteiger partial charge in [-0.2, -0.15) is 31.3 Å². The summed E-state index contributed by atoms with van der Waals surface area (Å²) in [4.78, 5) is -0.891. The number of phenolic OH excluding ortho intramolecular Hbond substituents is 1. The number of rotatable bonds is 9. The third kappa shape index (κ3) is 6.78. The average molecular weight is 688 g/mol. The summed E-state index contributed by atoms with van der Waals surface area (Å²) in [5, 5.41) is 28.0. The summed E-state index contributed by atoms with van der Waals surface area (Å²) >= 11 is -2.88. The molecule has 5 rings (SSSR count). The molecule has 1 atom stereocenters. The number of phenols is 1. The molecule has 0 spiro atoms. The number of azo groups is 2. The lowest BCUT2D eigenvalue weighted by Gasteiger charge is -2.12. The molecule has 19 heteroatoms. The van der Waals surface area contributed by atoms with Crippen molar-refractivity contribution in [1.82, 2.24) is 0 Å². The Morgan fingerprint density at radius 3 is 2.07 bits per heavy atom. The largest absolute Gasteiger partial charge is 0.505 e. The molecule has 5 aromatic rings. The lowest BCUT2D eigenvalue weighted by Crippen LogP contribution is -2.03. The van der Waals surface area contributed by atoms with Gasteiger partial charge in [-0.25, -0.2) is 0 Å². The number of benzene rings is 5. The molecule has 0 aliphatic carbocycles. The molecule has 0 aromatic heterocycles. The molecule has 0 amide bonds. The zero-order valence-corrected chi connectivity index (χ0v) is 25.6. The molecule has 46 heavy (non-hydrogen) atoms. The van der Waals surface area contributed by atoms with Crippen molar-refractivity contribution in [2.45, 2.75) is 9.79 Å². The zero-order chi connectivity index (χ0) is 33.4. The van der Waals surface area contributed by atoms with Crippen LogP contribution in [0.5, 0.6) is 17.2 Å². The smallest absolute Gasteiger partial charge is 0.357 e. The monoisotopic (exact) mass is 687 g/mol. The van der Waals surface area contributed by atoms with Crippen molar-refractivity contribution in [2.24, 2.45) is 20.5 Å². The third-order valence-electron chi connectivity index (χ3n) is 6.42. The number of nitrogens with zero attached hydrogens (tertiary/aromatic N) is 4. The number of methoxy groups -OCH3 is 1. The minimum atomic E-state index is -4.73. The van der Waals surface area contributed by atoms with Crippen LogP contribution in [0, 0.1) is 0 Å². The fourth-order valence-corrected chi connectivity index (χ4v) is 6.04. The molecular formula is C27H21N5O11S3. The fraction of sp³-hybridized carbons (Fsp3) is 0.0370. The first kappa shape index (κ1) is 32.3. The van der Waals surface area contributed by atoms with Crippen molar-refractivity contribution in [1.29, 1.82) is 0 Å². The minimum absolute atomic E-state index is 0.0173. The highest BCUT2D eigenvalue weighted by atomic mass is 32.2. The molecule has 6 N–H and O–H groups in total. The van der Waals surface area contributed by atoms with E-state index in [1.165, 1.54) is 49.6 Å². The molecule has 0 saturated carbocycles. The highest BCUT2D eigenvalue weighted by Crippen LogP contribution is 2.46. The summed E-state index contributed by atoms with van der Waals surface area (Å²) in [7, 11) is -7.81. The summed E-state index contributed by atoms with van der Waals surface area (Å²) < 4.78 is 96.5. The number of fused-ring (bicyclic) bond motifs is 2. The van der Waals surface area contributed by atoms with E-state index in [9.17, 15) is 39.8 Å². The maximum Gasteiger partial charge on any atom is 0.357 e. The summed E-state index contributed by atoms with van der Waals surface area (Å²) in [6.45, 7) is 0. The van der Waals surface area contributed by atoms with Gasteiger partial charge in [0.2, 0.25) is 0 Å². The fourth-order valence-electron chi connectivity index (χ4n) is 4.41. The van der Waals surface area contributed by atoms with Gasteiger partial charge in [0.05, 0.1) is 24.2 Å². The maximum atomic E-state index is 11.7. The van der Waals surface area contributed by atoms with Crippen LogP contribution in [0.3, 0.4) is 0 Å². The number of anilines is 1. The van der Waals surface area contributed by atoms with Gasteiger partial charge in [0.25, 0.3) is 20.2 Å². The summed E-state index contributed by atoms with van der Waals surface area (Å²) in [6.07, 6.45) is 0. The van der Waals surface area contributed by atoms with E-state index < -0.39 is 53.7 Å². The molecule has 0 aliphatic heterocycles. The first-order chi connectivity index (χ1) is 21.7. The second-order valence-corrected chi connectivity index (χ2v) is 12.7. The predicted molar refractivity (Wildman–Crippen MR) is 166 cm³/mol. The Morgan fingerprint density at radius 1 is 0.739 bits per heavy atom. The summed E-state index contributed by atoms with van der Waals surface area (Å²) in [6, 6.07) is 16.5. The Morgan fingerprint density at radius 2 is 1.41 bits per heavy atom. The molecule has 0 radical (unpaired) electrons. The number of hydrogen-bond acceptors (Lipinski definition) is 13. The van der Waals surface area contributed by atoms with Crippen molar-refractivity contribution in [3.8, 4) is 17.2 Å².